The molecule has 102 valence electrons. The summed E-state index contributed by atoms with van der Waals surface area (Å²) in [5.41, 5.74) is 4.32. The topological polar surface area (TPSA) is 61.7 Å². The van der Waals surface area contributed by atoms with E-state index in [1.807, 2.05) is 12.1 Å². The third-order valence-electron chi connectivity index (χ3n) is 2.70. The fourth-order valence-electron chi connectivity index (χ4n) is 1.60. The average molecular weight is 289 g/mol. The molecule has 2 aromatic carbocycles. The first-order valence-corrected chi connectivity index (χ1v) is 6.33. The first-order valence-electron chi connectivity index (χ1n) is 5.96. The molecular weight excluding hydrogens is 276 g/mol. The van der Waals surface area contributed by atoms with Crippen LogP contribution in [0.4, 0.5) is 0 Å². The van der Waals surface area contributed by atoms with E-state index < -0.39 is 0 Å². The summed E-state index contributed by atoms with van der Waals surface area (Å²) in [6.45, 7) is 1.78. The van der Waals surface area contributed by atoms with Crippen molar-refractivity contribution in [3.8, 4) is 5.75 Å². The molecule has 0 atom stereocenters. The lowest BCUT2D eigenvalue weighted by molar-refractivity contribution is 0.0954. The number of aromatic hydroxyl groups is 1. The Kier molecular flexibility index (Phi) is 4.38. The number of amides is 1. The average Bonchev–Trinajstić information content (AvgIpc) is 2.45. The zero-order valence-corrected chi connectivity index (χ0v) is 11.6. The lowest BCUT2D eigenvalue weighted by Crippen LogP contribution is -2.19. The minimum atomic E-state index is -0.380. The maximum atomic E-state index is 11.8. The van der Waals surface area contributed by atoms with Crippen LogP contribution in [0.15, 0.2) is 53.6 Å². The van der Waals surface area contributed by atoms with Crippen molar-refractivity contribution in [2.45, 2.75) is 6.92 Å². The molecule has 0 bridgehead atoms. The van der Waals surface area contributed by atoms with Crippen LogP contribution in [0.25, 0.3) is 0 Å². The Morgan fingerprint density at radius 1 is 1.15 bits per heavy atom. The Labute approximate surface area is 121 Å². The Balaban J connectivity index is 2.08. The fourth-order valence-corrected chi connectivity index (χ4v) is 1.73. The quantitative estimate of drug-likeness (QED) is 0.673. The van der Waals surface area contributed by atoms with E-state index in [2.05, 4.69) is 10.5 Å². The molecule has 0 saturated heterocycles. The summed E-state index contributed by atoms with van der Waals surface area (Å²) in [5, 5.41) is 14.0. The Morgan fingerprint density at radius 3 is 2.50 bits per heavy atom. The van der Waals surface area contributed by atoms with Crippen molar-refractivity contribution >= 4 is 23.2 Å². The maximum absolute atomic E-state index is 11.8. The number of hydrogen-bond acceptors (Lipinski definition) is 3. The molecule has 20 heavy (non-hydrogen) atoms. The Morgan fingerprint density at radius 2 is 1.85 bits per heavy atom. The molecule has 4 nitrogen and oxygen atoms in total. The number of benzene rings is 2. The second-order valence-corrected chi connectivity index (χ2v) is 4.63. The van der Waals surface area contributed by atoms with Crippen molar-refractivity contribution in [1.29, 1.82) is 0 Å². The number of nitrogens with zero attached hydrogens (tertiary/aromatic N) is 1. The van der Waals surface area contributed by atoms with Crippen LogP contribution < -0.4 is 5.43 Å². The van der Waals surface area contributed by atoms with Crippen molar-refractivity contribution in [2.75, 3.05) is 0 Å². The summed E-state index contributed by atoms with van der Waals surface area (Å²) in [6.07, 6.45) is 0. The van der Waals surface area contributed by atoms with Gasteiger partial charge in [-0.25, -0.2) is 5.43 Å². The molecule has 0 radical (unpaired) electrons. The van der Waals surface area contributed by atoms with Crippen molar-refractivity contribution in [2.24, 2.45) is 5.10 Å². The van der Waals surface area contributed by atoms with Gasteiger partial charge in [0.2, 0.25) is 0 Å². The summed E-state index contributed by atoms with van der Waals surface area (Å²) in [5.74, 6) is -0.342. The van der Waals surface area contributed by atoms with E-state index in [9.17, 15) is 9.90 Å². The molecule has 0 aliphatic rings. The predicted octanol–water partition coefficient (Wildman–Crippen LogP) is 3.20. The second kappa shape index (κ2) is 6.21. The van der Waals surface area contributed by atoms with Crippen LogP contribution in [-0.2, 0) is 0 Å². The van der Waals surface area contributed by atoms with Gasteiger partial charge in [-0.2, -0.15) is 5.10 Å². The minimum Gasteiger partial charge on any atom is -0.508 e. The van der Waals surface area contributed by atoms with Gasteiger partial charge in [-0.3, -0.25) is 4.79 Å². The van der Waals surface area contributed by atoms with Crippen LogP contribution in [0.1, 0.15) is 22.8 Å². The van der Waals surface area contributed by atoms with Gasteiger partial charge in [0.1, 0.15) is 5.75 Å². The lowest BCUT2D eigenvalue weighted by Gasteiger charge is -2.03. The van der Waals surface area contributed by atoms with E-state index in [-0.39, 0.29) is 11.7 Å². The third kappa shape index (κ3) is 3.59. The van der Waals surface area contributed by atoms with Gasteiger partial charge >= 0.3 is 0 Å². The smallest absolute Gasteiger partial charge is 0.271 e. The van der Waals surface area contributed by atoms with Crippen LogP contribution in [-0.4, -0.2) is 16.7 Å². The number of nitrogens with one attached hydrogen (secondary N) is 1. The van der Waals surface area contributed by atoms with E-state index in [1.165, 1.54) is 12.1 Å². The minimum absolute atomic E-state index is 0.0380. The molecule has 0 fully saturated rings. The SMILES string of the molecule is C/C(=N\NC(=O)c1cccc(O)c1)c1ccc(Cl)cc1. The van der Waals surface area contributed by atoms with Crippen LogP contribution in [0, 0.1) is 0 Å². The largest absolute Gasteiger partial charge is 0.508 e. The summed E-state index contributed by atoms with van der Waals surface area (Å²) >= 11 is 5.81. The summed E-state index contributed by atoms with van der Waals surface area (Å²) < 4.78 is 0. The molecule has 0 aromatic heterocycles. The fraction of sp³-hybridized carbons (Fsp3) is 0.0667. The monoisotopic (exact) mass is 288 g/mol. The molecule has 2 N–H and O–H groups in total. The van der Waals surface area contributed by atoms with Crippen molar-refractivity contribution < 1.29 is 9.90 Å². The molecule has 0 aliphatic carbocycles. The predicted molar refractivity (Wildman–Crippen MR) is 79.2 cm³/mol. The van der Waals surface area contributed by atoms with Crippen molar-refractivity contribution in [1.82, 2.24) is 5.43 Å². The molecule has 1 amide bonds. The molecule has 0 aliphatic heterocycles. The van der Waals surface area contributed by atoms with Gasteiger partial charge < -0.3 is 5.11 Å². The van der Waals surface area contributed by atoms with Gasteiger partial charge in [0.15, 0.2) is 0 Å². The summed E-state index contributed by atoms with van der Waals surface area (Å²) in [4.78, 5) is 11.8. The molecule has 2 aromatic rings. The highest BCUT2D eigenvalue weighted by molar-refractivity contribution is 6.30. The number of hydrogen-bond donors (Lipinski definition) is 2. The number of halogens is 1. The Bertz CT molecular complexity index is 651. The van der Waals surface area contributed by atoms with Gasteiger partial charge in [-0.15, -0.1) is 0 Å². The highest BCUT2D eigenvalue weighted by Crippen LogP contribution is 2.11. The van der Waals surface area contributed by atoms with Crippen LogP contribution >= 0.6 is 11.6 Å². The van der Waals surface area contributed by atoms with Gasteiger partial charge in [0.05, 0.1) is 5.71 Å². The van der Waals surface area contributed by atoms with Crippen LogP contribution in [0.3, 0.4) is 0 Å². The molecule has 5 heteroatoms. The first-order chi connectivity index (χ1) is 9.56. The normalized spacial score (nSPS) is 11.2. The molecule has 0 unspecified atom stereocenters. The third-order valence-corrected chi connectivity index (χ3v) is 2.95. The number of hydrazone groups is 1. The number of phenolic OH excluding ortho intramolecular Hbond substituents is 1. The number of phenols is 1. The summed E-state index contributed by atoms with van der Waals surface area (Å²) in [6, 6.07) is 13.2. The van der Waals surface area contributed by atoms with Crippen molar-refractivity contribution in [3.63, 3.8) is 0 Å². The first kappa shape index (κ1) is 14.1. The van der Waals surface area contributed by atoms with Gasteiger partial charge in [0.25, 0.3) is 5.91 Å². The van der Waals surface area contributed by atoms with E-state index in [0.29, 0.717) is 16.3 Å². The maximum Gasteiger partial charge on any atom is 0.271 e. The number of carbonyl (C=O) groups excluding carboxylic acids is 1. The lowest BCUT2D eigenvalue weighted by atomic mass is 10.1. The zero-order chi connectivity index (χ0) is 14.5. The molecular formula is C15H13ClN2O2. The second-order valence-electron chi connectivity index (χ2n) is 4.20. The molecule has 0 heterocycles. The van der Waals surface area contributed by atoms with E-state index in [1.54, 1.807) is 31.2 Å². The number of carbonyl (C=O) groups is 1. The molecule has 2 rings (SSSR count). The van der Waals surface area contributed by atoms with Gasteiger partial charge in [-0.1, -0.05) is 29.8 Å². The molecule has 0 saturated carbocycles. The van der Waals surface area contributed by atoms with Gasteiger partial charge in [-0.05, 0) is 42.8 Å². The zero-order valence-electron chi connectivity index (χ0n) is 10.8. The summed E-state index contributed by atoms with van der Waals surface area (Å²) in [7, 11) is 0. The highest BCUT2D eigenvalue weighted by Gasteiger charge is 2.05. The molecule has 0 spiro atoms. The van der Waals surface area contributed by atoms with E-state index in [4.69, 9.17) is 11.6 Å². The Hall–Kier alpha value is -2.33. The van der Waals surface area contributed by atoms with Crippen molar-refractivity contribution in [3.05, 3.63) is 64.7 Å². The van der Waals surface area contributed by atoms with Crippen LogP contribution in [0.2, 0.25) is 5.02 Å². The number of rotatable bonds is 3. The van der Waals surface area contributed by atoms with Gasteiger partial charge in [0, 0.05) is 10.6 Å². The standard InChI is InChI=1S/C15H13ClN2O2/c1-10(11-5-7-13(16)8-6-11)17-18-15(20)12-3-2-4-14(19)9-12/h2-9,19H,1H3,(H,18,20)/b17-10+. The van der Waals surface area contributed by atoms with E-state index in [0.717, 1.165) is 5.56 Å². The van der Waals surface area contributed by atoms with Crippen LogP contribution in [0.5, 0.6) is 5.75 Å². The van der Waals surface area contributed by atoms with E-state index >= 15 is 0 Å². The highest BCUT2D eigenvalue weighted by atomic mass is 35.5.